The molecule has 3 rings (SSSR count). The third kappa shape index (κ3) is 2.88. The van der Waals surface area contributed by atoms with Crippen molar-refractivity contribution in [2.75, 3.05) is 0 Å². The smallest absolute Gasteiger partial charge is 0.200 e. The fourth-order valence-corrected chi connectivity index (χ4v) is 5.45. The summed E-state index contributed by atoms with van der Waals surface area (Å²) in [7, 11) is -3.61. The van der Waals surface area contributed by atoms with Crippen molar-refractivity contribution >= 4 is 32.5 Å². The van der Waals surface area contributed by atoms with Gasteiger partial charge in [-0.3, -0.25) is 0 Å². The van der Waals surface area contributed by atoms with E-state index in [1.54, 1.807) is 12.1 Å². The normalized spacial score (nSPS) is 22.8. The average molecular weight is 357 g/mol. The van der Waals surface area contributed by atoms with Crippen LogP contribution in [-0.4, -0.2) is 24.7 Å². The number of halogens is 1. The standard InChI is InChI=1S/C16H21ClN2O3S/c1-16(2,3)15-19-12-7-6-11(17)14(13(12)22-15)23(20,21)10-5-4-9(18)8-10/h6-7,9-10H,4-5,8,18H2,1-3H3/t9-,10?/m1/s1. The molecule has 5 nitrogen and oxygen atoms in total. The van der Waals surface area contributed by atoms with Crippen LogP contribution < -0.4 is 5.73 Å². The second kappa shape index (κ2) is 5.46. The first-order valence-corrected chi connectivity index (χ1v) is 9.62. The van der Waals surface area contributed by atoms with E-state index >= 15 is 0 Å². The van der Waals surface area contributed by atoms with Crippen LogP contribution in [0, 0.1) is 0 Å². The lowest BCUT2D eigenvalue weighted by molar-refractivity contribution is 0.408. The minimum Gasteiger partial charge on any atom is -0.439 e. The molecule has 1 saturated carbocycles. The molecule has 2 atom stereocenters. The minimum atomic E-state index is -3.61. The van der Waals surface area contributed by atoms with Gasteiger partial charge in [0.15, 0.2) is 15.4 Å². The van der Waals surface area contributed by atoms with Gasteiger partial charge in [-0.25, -0.2) is 13.4 Å². The minimum absolute atomic E-state index is 0.0544. The quantitative estimate of drug-likeness (QED) is 0.890. The molecule has 23 heavy (non-hydrogen) atoms. The van der Waals surface area contributed by atoms with Crippen molar-refractivity contribution in [2.45, 2.75) is 61.6 Å². The molecular weight excluding hydrogens is 336 g/mol. The number of rotatable bonds is 2. The number of aromatic nitrogens is 1. The maximum absolute atomic E-state index is 13.0. The summed E-state index contributed by atoms with van der Waals surface area (Å²) in [5.74, 6) is 0.495. The lowest BCUT2D eigenvalue weighted by Crippen LogP contribution is -2.22. The van der Waals surface area contributed by atoms with E-state index in [0.717, 1.165) is 0 Å². The van der Waals surface area contributed by atoms with Gasteiger partial charge in [-0.1, -0.05) is 32.4 Å². The number of benzene rings is 1. The highest BCUT2D eigenvalue weighted by Crippen LogP contribution is 2.38. The molecule has 2 N–H and O–H groups in total. The molecule has 0 amide bonds. The Hall–Kier alpha value is -1.11. The Morgan fingerprint density at radius 1 is 1.30 bits per heavy atom. The third-order valence-electron chi connectivity index (χ3n) is 4.25. The highest BCUT2D eigenvalue weighted by Gasteiger charge is 2.37. The fraction of sp³-hybridized carbons (Fsp3) is 0.562. The topological polar surface area (TPSA) is 86.2 Å². The summed E-state index contributed by atoms with van der Waals surface area (Å²) >= 11 is 6.23. The van der Waals surface area contributed by atoms with E-state index in [4.69, 9.17) is 21.8 Å². The van der Waals surface area contributed by atoms with E-state index in [1.165, 1.54) is 0 Å². The Morgan fingerprint density at radius 3 is 2.57 bits per heavy atom. The van der Waals surface area contributed by atoms with Crippen LogP contribution in [0.15, 0.2) is 21.4 Å². The molecule has 1 unspecified atom stereocenters. The van der Waals surface area contributed by atoms with Crippen molar-refractivity contribution < 1.29 is 12.8 Å². The van der Waals surface area contributed by atoms with Crippen molar-refractivity contribution in [1.82, 2.24) is 4.98 Å². The zero-order chi connectivity index (χ0) is 17.0. The van der Waals surface area contributed by atoms with Crippen LogP contribution in [0.4, 0.5) is 0 Å². The van der Waals surface area contributed by atoms with Crippen LogP contribution in [0.2, 0.25) is 5.02 Å². The van der Waals surface area contributed by atoms with Crippen molar-refractivity contribution in [3.8, 4) is 0 Å². The number of nitrogens with zero attached hydrogens (tertiary/aromatic N) is 1. The number of hydrogen-bond acceptors (Lipinski definition) is 5. The summed E-state index contributed by atoms with van der Waals surface area (Å²) in [5, 5.41) is -0.335. The molecule has 0 aliphatic heterocycles. The van der Waals surface area contributed by atoms with Crippen LogP contribution in [-0.2, 0) is 15.3 Å². The molecule has 1 fully saturated rings. The Labute approximate surface area is 141 Å². The van der Waals surface area contributed by atoms with Gasteiger partial charge in [-0.15, -0.1) is 0 Å². The Morgan fingerprint density at radius 2 is 2.00 bits per heavy atom. The van der Waals surface area contributed by atoms with Gasteiger partial charge in [0.25, 0.3) is 0 Å². The van der Waals surface area contributed by atoms with Crippen molar-refractivity contribution in [2.24, 2.45) is 5.73 Å². The maximum atomic E-state index is 13.0. The van der Waals surface area contributed by atoms with Gasteiger partial charge >= 0.3 is 0 Å². The zero-order valence-corrected chi connectivity index (χ0v) is 15.0. The Balaban J connectivity index is 2.20. The first-order valence-electron chi connectivity index (χ1n) is 7.69. The summed E-state index contributed by atoms with van der Waals surface area (Å²) in [6.45, 7) is 5.89. The van der Waals surface area contributed by atoms with Gasteiger partial charge in [0.1, 0.15) is 10.4 Å². The molecule has 7 heteroatoms. The molecule has 1 aliphatic carbocycles. The number of nitrogens with two attached hydrogens (primary N) is 1. The largest absolute Gasteiger partial charge is 0.439 e. The summed E-state index contributed by atoms with van der Waals surface area (Å²) in [6, 6.07) is 3.18. The molecule has 1 aromatic heterocycles. The second-order valence-corrected chi connectivity index (χ2v) is 9.81. The van der Waals surface area contributed by atoms with Crippen LogP contribution in [0.25, 0.3) is 11.1 Å². The van der Waals surface area contributed by atoms with E-state index in [-0.39, 0.29) is 27.0 Å². The molecule has 1 aliphatic rings. The third-order valence-corrected chi connectivity index (χ3v) is 6.96. The molecule has 1 aromatic carbocycles. The molecule has 2 aromatic rings. The second-order valence-electron chi connectivity index (χ2n) is 7.23. The maximum Gasteiger partial charge on any atom is 0.200 e. The van der Waals surface area contributed by atoms with Crippen LogP contribution in [0.1, 0.15) is 45.9 Å². The van der Waals surface area contributed by atoms with Gasteiger partial charge in [0.05, 0.1) is 10.3 Å². The van der Waals surface area contributed by atoms with Crippen LogP contribution >= 0.6 is 11.6 Å². The first-order chi connectivity index (χ1) is 10.6. The zero-order valence-electron chi connectivity index (χ0n) is 13.5. The number of hydrogen-bond donors (Lipinski definition) is 1. The van der Waals surface area contributed by atoms with E-state index in [1.807, 2.05) is 20.8 Å². The van der Waals surface area contributed by atoms with E-state index in [0.29, 0.717) is 30.7 Å². The van der Waals surface area contributed by atoms with Gasteiger partial charge in [0, 0.05) is 11.5 Å². The number of sulfone groups is 1. The van der Waals surface area contributed by atoms with Crippen molar-refractivity contribution in [1.29, 1.82) is 0 Å². The molecule has 0 saturated heterocycles. The van der Waals surface area contributed by atoms with Crippen molar-refractivity contribution in [3.05, 3.63) is 23.0 Å². The summed E-state index contributed by atoms with van der Waals surface area (Å²) in [4.78, 5) is 4.48. The van der Waals surface area contributed by atoms with E-state index in [2.05, 4.69) is 4.98 Å². The van der Waals surface area contributed by atoms with Gasteiger partial charge in [-0.2, -0.15) is 0 Å². The van der Waals surface area contributed by atoms with Crippen LogP contribution in [0.3, 0.4) is 0 Å². The predicted molar refractivity (Wildman–Crippen MR) is 90.5 cm³/mol. The molecular formula is C16H21ClN2O3S. The van der Waals surface area contributed by atoms with Crippen LogP contribution in [0.5, 0.6) is 0 Å². The lowest BCUT2D eigenvalue weighted by atomic mass is 9.97. The van der Waals surface area contributed by atoms with E-state index < -0.39 is 15.1 Å². The molecule has 1 heterocycles. The van der Waals surface area contributed by atoms with Gasteiger partial charge < -0.3 is 10.2 Å². The Bertz CT molecular complexity index is 852. The summed E-state index contributed by atoms with van der Waals surface area (Å²) < 4.78 is 31.9. The molecule has 0 bridgehead atoms. The number of fused-ring (bicyclic) bond motifs is 1. The highest BCUT2D eigenvalue weighted by atomic mass is 35.5. The molecule has 0 radical (unpaired) electrons. The monoisotopic (exact) mass is 356 g/mol. The average Bonchev–Trinajstić information content (AvgIpc) is 3.03. The van der Waals surface area contributed by atoms with Gasteiger partial charge in [0.2, 0.25) is 5.89 Å². The van der Waals surface area contributed by atoms with Crippen molar-refractivity contribution in [3.63, 3.8) is 0 Å². The Kier molecular flexibility index (Phi) is 3.98. The first kappa shape index (κ1) is 16.7. The lowest BCUT2D eigenvalue weighted by Gasteiger charge is -2.13. The summed E-state index contributed by atoms with van der Waals surface area (Å²) in [5.41, 5.74) is 6.33. The predicted octanol–water partition coefficient (Wildman–Crippen LogP) is 3.43. The highest BCUT2D eigenvalue weighted by molar-refractivity contribution is 7.92. The number of oxazole rings is 1. The SMILES string of the molecule is CC(C)(C)c1nc2ccc(Cl)c(S(=O)(=O)C3CC[C@@H](N)C3)c2o1. The van der Waals surface area contributed by atoms with Gasteiger partial charge in [-0.05, 0) is 31.4 Å². The molecule has 0 spiro atoms. The summed E-state index contributed by atoms with van der Waals surface area (Å²) in [6.07, 6.45) is 1.72. The fourth-order valence-electron chi connectivity index (χ4n) is 2.95. The van der Waals surface area contributed by atoms with E-state index in [9.17, 15) is 8.42 Å². The molecule has 126 valence electrons.